The number of aryl methyl sites for hydroxylation is 1. The van der Waals surface area contributed by atoms with E-state index in [1.165, 1.54) is 18.3 Å². The zero-order chi connectivity index (χ0) is 28.0. The van der Waals surface area contributed by atoms with Gasteiger partial charge in [0.2, 0.25) is 5.91 Å². The number of carbonyl (C=O) groups is 3. The molecule has 1 heterocycles. The first-order valence-electron chi connectivity index (χ1n) is 12.2. The van der Waals surface area contributed by atoms with Crippen LogP contribution in [0.15, 0.2) is 29.6 Å². The average Bonchev–Trinajstić information content (AvgIpc) is 3.19. The van der Waals surface area contributed by atoms with Gasteiger partial charge in [-0.05, 0) is 52.1 Å². The number of hydrogen-bond donors (Lipinski definition) is 5. The molecule has 10 nitrogen and oxygen atoms in total. The Balaban J connectivity index is 2.05. The molecule has 0 saturated carbocycles. The number of carbonyl (C=O) groups excluding carboxylic acids is 1. The van der Waals surface area contributed by atoms with E-state index in [-0.39, 0.29) is 5.91 Å². The third-order valence-corrected chi connectivity index (χ3v) is 6.64. The summed E-state index contributed by atoms with van der Waals surface area (Å²) in [6, 6.07) is 8.07. The maximum Gasteiger partial charge on any atom is 0.410 e. The maximum atomic E-state index is 12.3. The minimum absolute atomic E-state index is 0.154. The molecule has 0 saturated heterocycles. The van der Waals surface area contributed by atoms with Gasteiger partial charge in [-0.3, -0.25) is 20.3 Å². The number of nitrogens with zero attached hydrogens (tertiary/aromatic N) is 2. The van der Waals surface area contributed by atoms with Gasteiger partial charge in [0.1, 0.15) is 0 Å². The van der Waals surface area contributed by atoms with Crippen LogP contribution < -0.4 is 16.0 Å². The van der Waals surface area contributed by atoms with Gasteiger partial charge in [-0.25, -0.2) is 14.6 Å². The monoisotopic (exact) mass is 533 g/mol. The van der Waals surface area contributed by atoms with Gasteiger partial charge < -0.3 is 15.5 Å². The zero-order valence-electron chi connectivity index (χ0n) is 22.6. The van der Waals surface area contributed by atoms with E-state index >= 15 is 0 Å². The lowest BCUT2D eigenvalue weighted by Crippen LogP contribution is -2.79. The lowest BCUT2D eigenvalue weighted by atomic mass is 9.82. The van der Waals surface area contributed by atoms with Crippen LogP contribution in [-0.4, -0.2) is 56.1 Å². The number of thiazole rings is 1. The normalized spacial score (nSPS) is 13.5. The van der Waals surface area contributed by atoms with Crippen molar-refractivity contribution in [2.45, 2.75) is 79.1 Å². The molecule has 2 aromatic rings. The summed E-state index contributed by atoms with van der Waals surface area (Å²) in [6.45, 7) is 12.5. The zero-order valence-corrected chi connectivity index (χ0v) is 23.5. The van der Waals surface area contributed by atoms with Gasteiger partial charge >= 0.3 is 12.2 Å². The molecule has 37 heavy (non-hydrogen) atoms. The molecule has 0 fully saturated rings. The fourth-order valence-electron chi connectivity index (χ4n) is 4.24. The van der Waals surface area contributed by atoms with Crippen LogP contribution in [0.1, 0.15) is 66.9 Å². The third-order valence-electron chi connectivity index (χ3n) is 5.88. The van der Waals surface area contributed by atoms with Crippen molar-refractivity contribution in [3.8, 4) is 11.3 Å². The third kappa shape index (κ3) is 7.90. The molecule has 0 bridgehead atoms. The molecule has 2 rings (SSSR count). The Bertz CT molecular complexity index is 1090. The van der Waals surface area contributed by atoms with Crippen LogP contribution in [0.25, 0.3) is 11.3 Å². The van der Waals surface area contributed by atoms with Crippen molar-refractivity contribution in [1.82, 2.24) is 20.5 Å². The fourth-order valence-corrected chi connectivity index (χ4v) is 5.00. The van der Waals surface area contributed by atoms with Crippen molar-refractivity contribution in [1.29, 1.82) is 0 Å². The quantitative estimate of drug-likeness (QED) is 0.202. The van der Waals surface area contributed by atoms with Crippen molar-refractivity contribution in [2.75, 3.05) is 11.9 Å². The summed E-state index contributed by atoms with van der Waals surface area (Å²) in [5.41, 5.74) is 1.26. The van der Waals surface area contributed by atoms with Gasteiger partial charge in [0.15, 0.2) is 10.9 Å². The van der Waals surface area contributed by atoms with E-state index in [1.54, 1.807) is 41.5 Å². The Hall–Kier alpha value is -3.18. The Morgan fingerprint density at radius 1 is 1.00 bits per heavy atom. The van der Waals surface area contributed by atoms with Gasteiger partial charge in [-0.1, -0.05) is 45.0 Å². The molecule has 0 aliphatic rings. The van der Waals surface area contributed by atoms with Crippen LogP contribution in [0.5, 0.6) is 0 Å². The molecule has 0 aliphatic carbocycles. The number of nitrogens with one attached hydrogen (secondary N) is 3. The van der Waals surface area contributed by atoms with E-state index in [0.29, 0.717) is 18.1 Å². The molecule has 204 valence electrons. The second kappa shape index (κ2) is 11.9. The molecule has 1 aromatic heterocycles. The van der Waals surface area contributed by atoms with E-state index in [9.17, 15) is 24.6 Å². The standard InChI is InChI=1S/C26H39N5O5S/c1-17(32)28-21-29-20(16-37-21)19-13-11-18(12-14-19)10-8-9-15-27-26(24(2,3)4,30-22(33)34)31(23(35)36)25(5,6)7/h11-14,16,27,30H,8-10,15H2,1-7H3,(H,33,34)(H,35,36)(H,28,29,32). The molecular formula is C26H39N5O5S. The van der Waals surface area contributed by atoms with E-state index in [4.69, 9.17) is 0 Å². The molecule has 0 aliphatic heterocycles. The molecule has 5 N–H and O–H groups in total. The summed E-state index contributed by atoms with van der Waals surface area (Å²) in [7, 11) is 0. The Morgan fingerprint density at radius 3 is 2.11 bits per heavy atom. The molecule has 1 unspecified atom stereocenters. The number of rotatable bonds is 10. The average molecular weight is 534 g/mol. The predicted octanol–water partition coefficient (Wildman–Crippen LogP) is 5.43. The second-order valence-corrected chi connectivity index (χ2v) is 11.8. The first-order valence-corrected chi connectivity index (χ1v) is 13.1. The number of benzene rings is 1. The van der Waals surface area contributed by atoms with Gasteiger partial charge in [-0.15, -0.1) is 11.3 Å². The van der Waals surface area contributed by atoms with Gasteiger partial charge in [0.25, 0.3) is 0 Å². The van der Waals surface area contributed by atoms with Crippen LogP contribution >= 0.6 is 11.3 Å². The van der Waals surface area contributed by atoms with Crippen molar-refractivity contribution >= 4 is 34.6 Å². The van der Waals surface area contributed by atoms with Gasteiger partial charge in [0.05, 0.1) is 5.69 Å². The Kier molecular flexibility index (Phi) is 9.67. The molecule has 1 atom stereocenters. The summed E-state index contributed by atoms with van der Waals surface area (Å²) >= 11 is 1.38. The smallest absolute Gasteiger partial charge is 0.410 e. The summed E-state index contributed by atoms with van der Waals surface area (Å²) in [4.78, 5) is 40.9. The molecule has 0 radical (unpaired) electrons. The summed E-state index contributed by atoms with van der Waals surface area (Å²) < 4.78 is 0. The van der Waals surface area contributed by atoms with Crippen LogP contribution in [0.4, 0.5) is 14.7 Å². The van der Waals surface area contributed by atoms with Crippen LogP contribution in [-0.2, 0) is 11.2 Å². The molecule has 11 heteroatoms. The number of aromatic nitrogens is 1. The van der Waals surface area contributed by atoms with Crippen molar-refractivity contribution in [3.05, 3.63) is 35.2 Å². The van der Waals surface area contributed by atoms with E-state index in [0.717, 1.165) is 34.6 Å². The van der Waals surface area contributed by atoms with Crippen LogP contribution in [0, 0.1) is 5.41 Å². The fraction of sp³-hybridized carbons (Fsp3) is 0.538. The first kappa shape index (κ1) is 30.0. The topological polar surface area (TPSA) is 144 Å². The largest absolute Gasteiger partial charge is 0.465 e. The lowest BCUT2D eigenvalue weighted by Gasteiger charge is -2.55. The van der Waals surface area contributed by atoms with Crippen LogP contribution in [0.2, 0.25) is 0 Å². The van der Waals surface area contributed by atoms with Gasteiger partial charge in [-0.2, -0.15) is 0 Å². The number of carboxylic acid groups (broad SMARTS) is 2. The lowest BCUT2D eigenvalue weighted by molar-refractivity contribution is -0.114. The van der Waals surface area contributed by atoms with Gasteiger partial charge in [0, 0.05) is 28.8 Å². The van der Waals surface area contributed by atoms with E-state index < -0.39 is 28.9 Å². The second-order valence-electron chi connectivity index (χ2n) is 11.0. The highest BCUT2D eigenvalue weighted by Gasteiger charge is 2.54. The van der Waals surface area contributed by atoms with Crippen molar-refractivity contribution < 1.29 is 24.6 Å². The number of unbranched alkanes of at least 4 members (excludes halogenated alkanes) is 1. The minimum Gasteiger partial charge on any atom is -0.465 e. The maximum absolute atomic E-state index is 12.3. The number of hydrogen-bond acceptors (Lipinski definition) is 6. The summed E-state index contributed by atoms with van der Waals surface area (Å²) in [5, 5.41) is 30.5. The highest BCUT2D eigenvalue weighted by atomic mass is 32.1. The predicted molar refractivity (Wildman–Crippen MR) is 146 cm³/mol. The van der Waals surface area contributed by atoms with Crippen molar-refractivity contribution in [3.63, 3.8) is 0 Å². The highest BCUT2D eigenvalue weighted by Crippen LogP contribution is 2.36. The molecule has 0 spiro atoms. The number of anilines is 1. The number of amides is 3. The summed E-state index contributed by atoms with van der Waals surface area (Å²) in [6.07, 6.45) is -0.168. The Morgan fingerprint density at radius 2 is 1.62 bits per heavy atom. The highest BCUT2D eigenvalue weighted by molar-refractivity contribution is 7.14. The molecule has 3 amide bonds. The SMILES string of the molecule is CC(=O)Nc1nc(-c2ccc(CCCCNC(NC(=O)O)(N(C(=O)O)C(C)(C)C)C(C)(C)C)cc2)cs1. The molecule has 1 aromatic carbocycles. The van der Waals surface area contributed by atoms with E-state index in [1.807, 2.05) is 29.6 Å². The Labute approximate surface area is 222 Å². The van der Waals surface area contributed by atoms with E-state index in [2.05, 4.69) is 20.9 Å². The van der Waals surface area contributed by atoms with Crippen molar-refractivity contribution in [2.24, 2.45) is 5.41 Å². The van der Waals surface area contributed by atoms with Crippen LogP contribution in [0.3, 0.4) is 0 Å². The summed E-state index contributed by atoms with van der Waals surface area (Å²) in [5.74, 6) is -1.69. The first-order chi connectivity index (χ1) is 17.1. The minimum atomic E-state index is -1.53. The molecular weight excluding hydrogens is 494 g/mol.